The molecule has 0 unspecified atom stereocenters. The number of fused-ring (bicyclic) bond motifs is 1. The highest BCUT2D eigenvalue weighted by Crippen LogP contribution is 2.44. The van der Waals surface area contributed by atoms with Gasteiger partial charge in [0, 0.05) is 17.6 Å². The monoisotopic (exact) mass is 467 g/mol. The molecule has 2 heterocycles. The summed E-state index contributed by atoms with van der Waals surface area (Å²) in [5, 5.41) is 2.52. The molecule has 1 aromatic carbocycles. The van der Waals surface area contributed by atoms with E-state index in [-0.39, 0.29) is 32.9 Å². The SMILES string of the molecule is CCc1nc2sc(C(=O)NCCc3ccc(OC)c(OC)c3)c(N)c2c(C(F)(F)F)c1C. The van der Waals surface area contributed by atoms with Crippen LogP contribution in [-0.2, 0) is 19.0 Å². The van der Waals surface area contributed by atoms with Gasteiger partial charge in [0.2, 0.25) is 0 Å². The maximum Gasteiger partial charge on any atom is 0.417 e. The zero-order valence-electron chi connectivity index (χ0n) is 18.1. The molecule has 32 heavy (non-hydrogen) atoms. The minimum Gasteiger partial charge on any atom is -0.493 e. The summed E-state index contributed by atoms with van der Waals surface area (Å²) in [6.07, 6.45) is -3.77. The summed E-state index contributed by atoms with van der Waals surface area (Å²) in [7, 11) is 3.07. The maximum atomic E-state index is 13.8. The summed E-state index contributed by atoms with van der Waals surface area (Å²) in [6.45, 7) is 3.38. The number of methoxy groups -OCH3 is 2. The van der Waals surface area contributed by atoms with Crippen LogP contribution in [0.2, 0.25) is 0 Å². The first-order chi connectivity index (χ1) is 15.1. The van der Waals surface area contributed by atoms with Gasteiger partial charge in [0.15, 0.2) is 11.5 Å². The molecule has 0 atom stereocenters. The van der Waals surface area contributed by atoms with Crippen molar-refractivity contribution in [2.75, 3.05) is 26.5 Å². The van der Waals surface area contributed by atoms with Crippen molar-refractivity contribution >= 4 is 33.1 Å². The van der Waals surface area contributed by atoms with E-state index in [2.05, 4.69) is 10.3 Å². The van der Waals surface area contributed by atoms with E-state index in [0.717, 1.165) is 16.9 Å². The fourth-order valence-corrected chi connectivity index (χ4v) is 4.63. The van der Waals surface area contributed by atoms with Gasteiger partial charge >= 0.3 is 6.18 Å². The molecule has 2 aromatic heterocycles. The van der Waals surface area contributed by atoms with Crippen molar-refractivity contribution in [2.24, 2.45) is 0 Å². The second-order valence-electron chi connectivity index (χ2n) is 7.13. The predicted molar refractivity (Wildman–Crippen MR) is 119 cm³/mol. The van der Waals surface area contributed by atoms with Crippen LogP contribution in [0.5, 0.6) is 11.5 Å². The number of hydrogen-bond donors (Lipinski definition) is 2. The third-order valence-electron chi connectivity index (χ3n) is 5.19. The molecule has 0 fully saturated rings. The van der Waals surface area contributed by atoms with Crippen LogP contribution < -0.4 is 20.5 Å². The van der Waals surface area contributed by atoms with Crippen LogP contribution in [-0.4, -0.2) is 31.7 Å². The normalized spacial score (nSPS) is 11.6. The number of aryl methyl sites for hydroxylation is 1. The number of benzene rings is 1. The molecule has 0 bridgehead atoms. The van der Waals surface area contributed by atoms with Crippen LogP contribution in [0, 0.1) is 6.92 Å². The summed E-state index contributed by atoms with van der Waals surface area (Å²) in [4.78, 5) is 17.2. The van der Waals surface area contributed by atoms with Crippen LogP contribution >= 0.6 is 11.3 Å². The number of aromatic nitrogens is 1. The number of pyridine rings is 1. The first-order valence-electron chi connectivity index (χ1n) is 9.90. The molecule has 3 rings (SSSR count). The molecule has 172 valence electrons. The smallest absolute Gasteiger partial charge is 0.417 e. The van der Waals surface area contributed by atoms with Crippen molar-refractivity contribution in [2.45, 2.75) is 32.9 Å². The second kappa shape index (κ2) is 9.23. The van der Waals surface area contributed by atoms with Gasteiger partial charge in [-0.2, -0.15) is 13.2 Å². The van der Waals surface area contributed by atoms with Gasteiger partial charge in [-0.05, 0) is 43.0 Å². The quantitative estimate of drug-likeness (QED) is 0.523. The molecule has 1 amide bonds. The lowest BCUT2D eigenvalue weighted by Gasteiger charge is -2.14. The summed E-state index contributed by atoms with van der Waals surface area (Å²) >= 11 is 0.873. The molecular weight excluding hydrogens is 443 g/mol. The lowest BCUT2D eigenvalue weighted by molar-refractivity contribution is -0.136. The zero-order chi connectivity index (χ0) is 23.6. The average Bonchev–Trinajstić information content (AvgIpc) is 3.08. The van der Waals surface area contributed by atoms with Crippen molar-refractivity contribution in [3.05, 3.63) is 45.5 Å². The molecule has 3 aromatic rings. The molecule has 10 heteroatoms. The Morgan fingerprint density at radius 3 is 2.50 bits per heavy atom. The number of ether oxygens (including phenoxy) is 2. The first kappa shape index (κ1) is 23.6. The lowest BCUT2D eigenvalue weighted by Crippen LogP contribution is -2.25. The zero-order valence-corrected chi connectivity index (χ0v) is 19.0. The predicted octanol–water partition coefficient (Wildman–Crippen LogP) is 4.76. The van der Waals surface area contributed by atoms with E-state index in [1.807, 2.05) is 6.07 Å². The molecule has 0 aliphatic rings. The first-order valence-corrected chi connectivity index (χ1v) is 10.7. The van der Waals surface area contributed by atoms with E-state index in [9.17, 15) is 18.0 Å². The number of thiophene rings is 1. The summed E-state index contributed by atoms with van der Waals surface area (Å²) in [5.41, 5.74) is 6.29. The Bertz CT molecular complexity index is 1160. The van der Waals surface area contributed by atoms with E-state index >= 15 is 0 Å². The van der Waals surface area contributed by atoms with Gasteiger partial charge in [-0.1, -0.05) is 13.0 Å². The van der Waals surface area contributed by atoms with Gasteiger partial charge in [-0.15, -0.1) is 11.3 Å². The van der Waals surface area contributed by atoms with Crippen LogP contribution in [0.3, 0.4) is 0 Å². The second-order valence-corrected chi connectivity index (χ2v) is 8.13. The molecule has 6 nitrogen and oxygen atoms in total. The molecule has 0 spiro atoms. The Morgan fingerprint density at radius 2 is 1.91 bits per heavy atom. The van der Waals surface area contributed by atoms with E-state index in [1.54, 1.807) is 19.1 Å². The van der Waals surface area contributed by atoms with Gasteiger partial charge < -0.3 is 20.5 Å². The molecule has 0 aliphatic carbocycles. The topological polar surface area (TPSA) is 86.5 Å². The summed E-state index contributed by atoms with van der Waals surface area (Å²) < 4.78 is 51.8. The van der Waals surface area contributed by atoms with Gasteiger partial charge in [0.25, 0.3) is 5.91 Å². The number of anilines is 1. The fraction of sp³-hybridized carbons (Fsp3) is 0.364. The largest absolute Gasteiger partial charge is 0.493 e. The number of amides is 1. The number of alkyl halides is 3. The fourth-order valence-electron chi connectivity index (χ4n) is 3.59. The lowest BCUT2D eigenvalue weighted by atomic mass is 10.0. The van der Waals surface area contributed by atoms with Crippen LogP contribution in [0.15, 0.2) is 18.2 Å². The molecular formula is C22H24F3N3O3S. The number of rotatable bonds is 7. The van der Waals surface area contributed by atoms with Gasteiger partial charge in [-0.25, -0.2) is 4.98 Å². The number of carbonyl (C=O) groups is 1. The van der Waals surface area contributed by atoms with Gasteiger partial charge in [0.05, 0.1) is 25.5 Å². The summed E-state index contributed by atoms with van der Waals surface area (Å²) in [6, 6.07) is 5.40. The van der Waals surface area contributed by atoms with Crippen molar-refractivity contribution in [1.82, 2.24) is 10.3 Å². The number of nitrogens with one attached hydrogen (secondary N) is 1. The molecule has 0 radical (unpaired) electrons. The van der Waals surface area contributed by atoms with Crippen LogP contribution in [0.4, 0.5) is 18.9 Å². The number of carbonyl (C=O) groups excluding carboxylic acids is 1. The maximum absolute atomic E-state index is 13.8. The third-order valence-corrected chi connectivity index (χ3v) is 6.29. The number of halogens is 3. The van der Waals surface area contributed by atoms with Gasteiger partial charge in [0.1, 0.15) is 9.71 Å². The third kappa shape index (κ3) is 4.45. The van der Waals surface area contributed by atoms with E-state index < -0.39 is 17.6 Å². The average molecular weight is 468 g/mol. The number of nitrogen functional groups attached to an aromatic ring is 1. The van der Waals surface area contributed by atoms with E-state index in [1.165, 1.54) is 21.1 Å². The highest BCUT2D eigenvalue weighted by molar-refractivity contribution is 7.21. The molecule has 0 saturated heterocycles. The minimum atomic E-state index is -4.61. The van der Waals surface area contributed by atoms with E-state index in [0.29, 0.717) is 30.0 Å². The Labute approximate surface area is 187 Å². The van der Waals surface area contributed by atoms with E-state index in [4.69, 9.17) is 15.2 Å². The number of nitrogens with two attached hydrogens (primary N) is 1. The Kier molecular flexibility index (Phi) is 6.82. The number of hydrogen-bond acceptors (Lipinski definition) is 6. The Morgan fingerprint density at radius 1 is 1.22 bits per heavy atom. The Hall–Kier alpha value is -3.01. The number of nitrogens with zero attached hydrogens (tertiary/aromatic N) is 1. The van der Waals surface area contributed by atoms with Crippen molar-refractivity contribution < 1.29 is 27.4 Å². The van der Waals surface area contributed by atoms with Crippen molar-refractivity contribution in [1.29, 1.82) is 0 Å². The molecule has 3 N–H and O–H groups in total. The molecule has 0 aliphatic heterocycles. The van der Waals surface area contributed by atoms with Gasteiger partial charge in [-0.3, -0.25) is 4.79 Å². The minimum absolute atomic E-state index is 0.0259. The van der Waals surface area contributed by atoms with Crippen LogP contribution in [0.1, 0.15) is 39.0 Å². The highest BCUT2D eigenvalue weighted by Gasteiger charge is 2.38. The van der Waals surface area contributed by atoms with Crippen molar-refractivity contribution in [3.63, 3.8) is 0 Å². The highest BCUT2D eigenvalue weighted by atomic mass is 32.1. The summed E-state index contributed by atoms with van der Waals surface area (Å²) in [5.74, 6) is 0.626. The Balaban J connectivity index is 1.85. The van der Waals surface area contributed by atoms with Crippen molar-refractivity contribution in [3.8, 4) is 11.5 Å². The van der Waals surface area contributed by atoms with Crippen LogP contribution in [0.25, 0.3) is 10.2 Å². The standard InChI is InChI=1S/C22H24F3N3O3S/c1-5-13-11(2)17(22(23,24)25)16-18(26)19(32-21(16)28-13)20(29)27-9-8-12-6-7-14(30-3)15(10-12)31-4/h6-7,10H,5,8-9,26H2,1-4H3,(H,27,29). The molecule has 0 saturated carbocycles.